The second-order valence-corrected chi connectivity index (χ2v) is 6.87. The van der Waals surface area contributed by atoms with Crippen LogP contribution in [-0.2, 0) is 17.9 Å². The minimum atomic E-state index is -0.173. The lowest BCUT2D eigenvalue weighted by atomic mass is 9.96. The summed E-state index contributed by atoms with van der Waals surface area (Å²) in [4.78, 5) is 14.7. The molecule has 1 amide bonds. The maximum Gasteiger partial charge on any atom is 0.224 e. The molecule has 1 aliphatic heterocycles. The Morgan fingerprint density at radius 2 is 1.96 bits per heavy atom. The van der Waals surface area contributed by atoms with E-state index >= 15 is 0 Å². The smallest absolute Gasteiger partial charge is 0.224 e. The number of amides is 1. The molecule has 1 unspecified atom stereocenters. The first-order valence-corrected chi connectivity index (χ1v) is 8.91. The van der Waals surface area contributed by atoms with E-state index in [1.165, 1.54) is 11.6 Å². The molecular weight excluding hydrogens is 315 g/mol. The van der Waals surface area contributed by atoms with E-state index in [0.29, 0.717) is 25.2 Å². The van der Waals surface area contributed by atoms with Gasteiger partial charge in [-0.2, -0.15) is 0 Å². The van der Waals surface area contributed by atoms with Gasteiger partial charge in [0.15, 0.2) is 0 Å². The average Bonchev–Trinajstić information content (AvgIpc) is 2.63. The molecular formula is C21H25FN2O. The summed E-state index contributed by atoms with van der Waals surface area (Å²) >= 11 is 0. The van der Waals surface area contributed by atoms with Gasteiger partial charge in [0.1, 0.15) is 5.82 Å². The highest BCUT2D eigenvalue weighted by Gasteiger charge is 2.26. The number of hydrogen-bond acceptors (Lipinski definition) is 2. The van der Waals surface area contributed by atoms with Crippen LogP contribution >= 0.6 is 0 Å². The zero-order chi connectivity index (χ0) is 17.6. The predicted octanol–water partition coefficient (Wildman–Crippen LogP) is 3.66. The number of nitrogens with zero attached hydrogens (tertiary/aromatic N) is 1. The van der Waals surface area contributed by atoms with Crippen molar-refractivity contribution in [2.24, 2.45) is 5.92 Å². The molecule has 25 heavy (non-hydrogen) atoms. The summed E-state index contributed by atoms with van der Waals surface area (Å²) in [6.45, 7) is 4.77. The zero-order valence-corrected chi connectivity index (χ0v) is 14.7. The lowest BCUT2D eigenvalue weighted by Crippen LogP contribution is -2.42. The Balaban J connectivity index is 1.52. The summed E-state index contributed by atoms with van der Waals surface area (Å²) in [6.07, 6.45) is 1.87. The molecule has 3 rings (SSSR count). The molecule has 3 nitrogen and oxygen atoms in total. The quantitative estimate of drug-likeness (QED) is 0.901. The average molecular weight is 340 g/mol. The number of likely N-dealkylation sites (tertiary alicyclic amines) is 1. The standard InChI is InChI=1S/C21H25FN2O/c1-16-8-10-17(11-9-16)13-23-21(25)19-6-4-12-24(15-19)14-18-5-2-3-7-20(18)22/h2-3,5,7-11,19H,4,6,12-15H2,1H3,(H,23,25). The molecule has 2 aromatic rings. The van der Waals surface area contributed by atoms with Gasteiger partial charge in [0, 0.05) is 25.2 Å². The third kappa shape index (κ3) is 4.89. The topological polar surface area (TPSA) is 32.3 Å². The molecule has 0 bridgehead atoms. The van der Waals surface area contributed by atoms with Crippen molar-refractivity contribution in [2.45, 2.75) is 32.9 Å². The lowest BCUT2D eigenvalue weighted by Gasteiger charge is -2.32. The van der Waals surface area contributed by atoms with E-state index < -0.39 is 0 Å². The molecule has 0 saturated carbocycles. The Bertz CT molecular complexity index is 714. The van der Waals surface area contributed by atoms with E-state index in [0.717, 1.165) is 24.9 Å². The molecule has 0 radical (unpaired) electrons. The number of halogens is 1. The molecule has 2 aromatic carbocycles. The molecule has 0 aliphatic carbocycles. The van der Waals surface area contributed by atoms with E-state index in [1.54, 1.807) is 6.07 Å². The van der Waals surface area contributed by atoms with Gasteiger partial charge in [-0.05, 0) is 37.9 Å². The van der Waals surface area contributed by atoms with Crippen LogP contribution in [0.25, 0.3) is 0 Å². The normalized spacial score (nSPS) is 18.1. The first kappa shape index (κ1) is 17.6. The maximum absolute atomic E-state index is 13.8. The van der Waals surface area contributed by atoms with Crippen LogP contribution in [0.2, 0.25) is 0 Å². The van der Waals surface area contributed by atoms with E-state index in [9.17, 15) is 9.18 Å². The monoisotopic (exact) mass is 340 g/mol. The van der Waals surface area contributed by atoms with Gasteiger partial charge in [0.25, 0.3) is 0 Å². The van der Waals surface area contributed by atoms with Crippen molar-refractivity contribution < 1.29 is 9.18 Å². The molecule has 0 spiro atoms. The van der Waals surface area contributed by atoms with Gasteiger partial charge in [-0.15, -0.1) is 0 Å². The molecule has 1 atom stereocenters. The fraction of sp³-hybridized carbons (Fsp3) is 0.381. The first-order valence-electron chi connectivity index (χ1n) is 8.91. The highest BCUT2D eigenvalue weighted by atomic mass is 19.1. The lowest BCUT2D eigenvalue weighted by molar-refractivity contribution is -0.126. The van der Waals surface area contributed by atoms with Crippen molar-refractivity contribution in [1.82, 2.24) is 10.2 Å². The maximum atomic E-state index is 13.8. The molecule has 0 aromatic heterocycles. The zero-order valence-electron chi connectivity index (χ0n) is 14.7. The van der Waals surface area contributed by atoms with Gasteiger partial charge < -0.3 is 5.32 Å². The second-order valence-electron chi connectivity index (χ2n) is 6.87. The van der Waals surface area contributed by atoms with Gasteiger partial charge in [-0.25, -0.2) is 4.39 Å². The predicted molar refractivity (Wildman–Crippen MR) is 97.4 cm³/mol. The first-order chi connectivity index (χ1) is 12.1. The van der Waals surface area contributed by atoms with Crippen molar-refractivity contribution in [3.05, 3.63) is 71.0 Å². The van der Waals surface area contributed by atoms with Crippen LogP contribution in [0.5, 0.6) is 0 Å². The van der Waals surface area contributed by atoms with Crippen molar-refractivity contribution in [3.63, 3.8) is 0 Å². The van der Waals surface area contributed by atoms with Crippen molar-refractivity contribution in [2.75, 3.05) is 13.1 Å². The summed E-state index contributed by atoms with van der Waals surface area (Å²) in [7, 11) is 0. The number of benzene rings is 2. The number of carbonyl (C=O) groups excluding carboxylic acids is 1. The Kier molecular flexibility index (Phi) is 5.82. The van der Waals surface area contributed by atoms with E-state index in [-0.39, 0.29) is 17.6 Å². The van der Waals surface area contributed by atoms with Crippen molar-refractivity contribution in [3.8, 4) is 0 Å². The molecule has 132 valence electrons. The van der Waals surface area contributed by atoms with Crippen LogP contribution in [0.3, 0.4) is 0 Å². The number of carbonyl (C=O) groups is 1. The van der Waals surface area contributed by atoms with Crippen LogP contribution < -0.4 is 5.32 Å². The Morgan fingerprint density at radius 1 is 1.20 bits per heavy atom. The molecule has 1 N–H and O–H groups in total. The molecule has 1 heterocycles. The van der Waals surface area contributed by atoms with Crippen LogP contribution in [0.1, 0.15) is 29.5 Å². The second kappa shape index (κ2) is 8.26. The Morgan fingerprint density at radius 3 is 2.72 bits per heavy atom. The molecule has 1 aliphatic rings. The highest BCUT2D eigenvalue weighted by Crippen LogP contribution is 2.20. The summed E-state index contributed by atoms with van der Waals surface area (Å²) < 4.78 is 13.8. The summed E-state index contributed by atoms with van der Waals surface area (Å²) in [5.41, 5.74) is 3.02. The summed E-state index contributed by atoms with van der Waals surface area (Å²) in [6, 6.07) is 15.1. The number of aryl methyl sites for hydroxylation is 1. The van der Waals surface area contributed by atoms with Crippen LogP contribution in [0.15, 0.2) is 48.5 Å². The van der Waals surface area contributed by atoms with Crippen molar-refractivity contribution in [1.29, 1.82) is 0 Å². The SMILES string of the molecule is Cc1ccc(CNC(=O)C2CCCN(Cc3ccccc3F)C2)cc1. The number of piperidine rings is 1. The number of hydrogen-bond donors (Lipinski definition) is 1. The van der Waals surface area contributed by atoms with Crippen LogP contribution in [-0.4, -0.2) is 23.9 Å². The molecule has 1 saturated heterocycles. The number of rotatable bonds is 5. The van der Waals surface area contributed by atoms with Gasteiger partial charge in [-0.3, -0.25) is 9.69 Å². The largest absolute Gasteiger partial charge is 0.352 e. The minimum Gasteiger partial charge on any atom is -0.352 e. The number of nitrogens with one attached hydrogen (secondary N) is 1. The molecule has 4 heteroatoms. The fourth-order valence-corrected chi connectivity index (χ4v) is 3.32. The van der Waals surface area contributed by atoms with Gasteiger partial charge in [0.2, 0.25) is 5.91 Å². The van der Waals surface area contributed by atoms with E-state index in [2.05, 4.69) is 29.3 Å². The summed E-state index contributed by atoms with van der Waals surface area (Å²) in [5.74, 6) is -0.0989. The highest BCUT2D eigenvalue weighted by molar-refractivity contribution is 5.78. The third-order valence-electron chi connectivity index (χ3n) is 4.82. The minimum absolute atomic E-state index is 0.0222. The fourth-order valence-electron chi connectivity index (χ4n) is 3.32. The van der Waals surface area contributed by atoms with Gasteiger partial charge in [-0.1, -0.05) is 48.0 Å². The van der Waals surface area contributed by atoms with Crippen molar-refractivity contribution >= 4 is 5.91 Å². The molecule has 1 fully saturated rings. The van der Waals surface area contributed by atoms with E-state index in [1.807, 2.05) is 24.3 Å². The summed E-state index contributed by atoms with van der Waals surface area (Å²) in [5, 5.41) is 3.04. The Labute approximate surface area is 148 Å². The van der Waals surface area contributed by atoms with Gasteiger partial charge in [0.05, 0.1) is 5.92 Å². The van der Waals surface area contributed by atoms with Crippen LogP contribution in [0, 0.1) is 18.7 Å². The Hall–Kier alpha value is -2.20. The third-order valence-corrected chi connectivity index (χ3v) is 4.82. The van der Waals surface area contributed by atoms with E-state index in [4.69, 9.17) is 0 Å². The van der Waals surface area contributed by atoms with Crippen LogP contribution in [0.4, 0.5) is 4.39 Å². The van der Waals surface area contributed by atoms with Gasteiger partial charge >= 0.3 is 0 Å².